The standard InChI is InChI=1S/C16H21N3O2/c1-18(14-8-9-17-11-14)16(21)12-4-6-13(7-5-12)19-10-2-3-15(19)20/h4-7,14,17H,2-3,8-11H2,1H3. The van der Waals surface area contributed by atoms with Crippen LogP contribution in [0, 0.1) is 0 Å². The van der Waals surface area contributed by atoms with Gasteiger partial charge < -0.3 is 15.1 Å². The molecule has 2 amide bonds. The van der Waals surface area contributed by atoms with Gasteiger partial charge in [-0.25, -0.2) is 0 Å². The molecule has 2 aliphatic heterocycles. The summed E-state index contributed by atoms with van der Waals surface area (Å²) in [6.07, 6.45) is 2.54. The van der Waals surface area contributed by atoms with Crippen molar-refractivity contribution < 1.29 is 9.59 Å². The number of nitrogens with zero attached hydrogens (tertiary/aromatic N) is 2. The van der Waals surface area contributed by atoms with E-state index in [1.807, 2.05) is 36.2 Å². The van der Waals surface area contributed by atoms with E-state index >= 15 is 0 Å². The van der Waals surface area contributed by atoms with Crippen molar-refractivity contribution >= 4 is 17.5 Å². The van der Waals surface area contributed by atoms with Gasteiger partial charge >= 0.3 is 0 Å². The highest BCUT2D eigenvalue weighted by molar-refractivity contribution is 5.97. The number of anilines is 1. The predicted molar refractivity (Wildman–Crippen MR) is 81.4 cm³/mol. The molecule has 0 saturated carbocycles. The number of benzene rings is 1. The highest BCUT2D eigenvalue weighted by Crippen LogP contribution is 2.22. The topological polar surface area (TPSA) is 52.7 Å². The number of likely N-dealkylation sites (N-methyl/N-ethyl adjacent to an activating group) is 1. The molecule has 112 valence electrons. The van der Waals surface area contributed by atoms with E-state index in [1.54, 1.807) is 4.90 Å². The summed E-state index contributed by atoms with van der Waals surface area (Å²) in [4.78, 5) is 27.8. The van der Waals surface area contributed by atoms with Gasteiger partial charge in [0.05, 0.1) is 0 Å². The molecule has 5 heteroatoms. The van der Waals surface area contributed by atoms with Crippen molar-refractivity contribution in [1.29, 1.82) is 0 Å². The maximum absolute atomic E-state index is 12.4. The summed E-state index contributed by atoms with van der Waals surface area (Å²) in [6, 6.07) is 7.66. The molecule has 2 fully saturated rings. The molecule has 2 aliphatic rings. The van der Waals surface area contributed by atoms with Crippen LogP contribution in [0.1, 0.15) is 29.6 Å². The summed E-state index contributed by atoms with van der Waals surface area (Å²) in [5.41, 5.74) is 1.57. The second-order valence-corrected chi connectivity index (χ2v) is 5.76. The number of hydrogen-bond acceptors (Lipinski definition) is 3. The van der Waals surface area contributed by atoms with E-state index in [4.69, 9.17) is 0 Å². The zero-order valence-corrected chi connectivity index (χ0v) is 12.3. The Bertz CT molecular complexity index is 535. The first kappa shape index (κ1) is 14.1. The Balaban J connectivity index is 1.71. The van der Waals surface area contributed by atoms with Gasteiger partial charge in [-0.3, -0.25) is 9.59 Å². The van der Waals surface area contributed by atoms with Gasteiger partial charge in [0.15, 0.2) is 0 Å². The quantitative estimate of drug-likeness (QED) is 0.910. The van der Waals surface area contributed by atoms with Crippen molar-refractivity contribution in [2.45, 2.75) is 25.3 Å². The first-order valence-electron chi connectivity index (χ1n) is 7.55. The lowest BCUT2D eigenvalue weighted by Crippen LogP contribution is -2.38. The first-order valence-corrected chi connectivity index (χ1v) is 7.55. The van der Waals surface area contributed by atoms with Gasteiger partial charge in [0.1, 0.15) is 0 Å². The second kappa shape index (κ2) is 5.85. The van der Waals surface area contributed by atoms with Crippen LogP contribution in [-0.2, 0) is 4.79 Å². The van der Waals surface area contributed by atoms with Crippen LogP contribution < -0.4 is 10.2 Å². The number of amides is 2. The van der Waals surface area contributed by atoms with Gasteiger partial charge in [-0.1, -0.05) is 0 Å². The van der Waals surface area contributed by atoms with Crippen LogP contribution in [0.4, 0.5) is 5.69 Å². The third-order valence-corrected chi connectivity index (χ3v) is 4.40. The van der Waals surface area contributed by atoms with Crippen LogP contribution in [0.3, 0.4) is 0 Å². The first-order chi connectivity index (χ1) is 10.2. The Kier molecular flexibility index (Phi) is 3.92. The lowest BCUT2D eigenvalue weighted by molar-refractivity contribution is -0.117. The highest BCUT2D eigenvalue weighted by atomic mass is 16.2. The molecular formula is C16H21N3O2. The summed E-state index contributed by atoms with van der Waals surface area (Å²) >= 11 is 0. The van der Waals surface area contributed by atoms with E-state index < -0.39 is 0 Å². The molecule has 0 aliphatic carbocycles. The molecule has 2 saturated heterocycles. The SMILES string of the molecule is CN(C(=O)c1ccc(N2CCCC2=O)cc1)C1CCNC1. The maximum atomic E-state index is 12.4. The summed E-state index contributed by atoms with van der Waals surface area (Å²) in [6.45, 7) is 2.61. The largest absolute Gasteiger partial charge is 0.337 e. The van der Waals surface area contributed by atoms with Crippen molar-refractivity contribution in [3.8, 4) is 0 Å². The van der Waals surface area contributed by atoms with E-state index in [0.717, 1.165) is 38.2 Å². The molecule has 0 radical (unpaired) electrons. The van der Waals surface area contributed by atoms with Crippen LogP contribution in [0.15, 0.2) is 24.3 Å². The van der Waals surface area contributed by atoms with Crippen LogP contribution in [0.5, 0.6) is 0 Å². The van der Waals surface area contributed by atoms with Crippen molar-refractivity contribution in [3.05, 3.63) is 29.8 Å². The molecule has 1 unspecified atom stereocenters. The Morgan fingerprint density at radius 3 is 2.67 bits per heavy atom. The van der Waals surface area contributed by atoms with Gasteiger partial charge in [-0.05, 0) is 43.7 Å². The fourth-order valence-corrected chi connectivity index (χ4v) is 3.04. The second-order valence-electron chi connectivity index (χ2n) is 5.76. The summed E-state index contributed by atoms with van der Waals surface area (Å²) in [5.74, 6) is 0.214. The van der Waals surface area contributed by atoms with Gasteiger partial charge in [0, 0.05) is 43.9 Å². The van der Waals surface area contributed by atoms with E-state index in [-0.39, 0.29) is 17.9 Å². The molecule has 3 rings (SSSR count). The summed E-state index contributed by atoms with van der Waals surface area (Å²) in [7, 11) is 1.86. The van der Waals surface area contributed by atoms with Gasteiger partial charge in [-0.2, -0.15) is 0 Å². The molecule has 1 aromatic carbocycles. The Morgan fingerprint density at radius 1 is 1.33 bits per heavy atom. The average Bonchev–Trinajstić information content (AvgIpc) is 3.17. The van der Waals surface area contributed by atoms with E-state index in [9.17, 15) is 9.59 Å². The maximum Gasteiger partial charge on any atom is 0.253 e. The van der Waals surface area contributed by atoms with E-state index in [2.05, 4.69) is 5.32 Å². The molecule has 0 aromatic heterocycles. The summed E-state index contributed by atoms with van der Waals surface area (Å²) < 4.78 is 0. The lowest BCUT2D eigenvalue weighted by atomic mass is 10.1. The number of carbonyl (C=O) groups is 2. The van der Waals surface area contributed by atoms with Crippen LogP contribution in [-0.4, -0.2) is 49.4 Å². The van der Waals surface area contributed by atoms with Crippen molar-refractivity contribution in [2.75, 3.05) is 31.6 Å². The Labute approximate surface area is 124 Å². The zero-order valence-electron chi connectivity index (χ0n) is 12.3. The average molecular weight is 287 g/mol. The smallest absolute Gasteiger partial charge is 0.253 e. The number of carbonyl (C=O) groups excluding carboxylic acids is 2. The van der Waals surface area contributed by atoms with Crippen LogP contribution >= 0.6 is 0 Å². The zero-order chi connectivity index (χ0) is 14.8. The van der Waals surface area contributed by atoms with Crippen LogP contribution in [0.2, 0.25) is 0 Å². The summed E-state index contributed by atoms with van der Waals surface area (Å²) in [5, 5.41) is 3.27. The van der Waals surface area contributed by atoms with Crippen molar-refractivity contribution in [3.63, 3.8) is 0 Å². The Hall–Kier alpha value is -1.88. The number of rotatable bonds is 3. The fourth-order valence-electron chi connectivity index (χ4n) is 3.04. The molecule has 0 bridgehead atoms. The van der Waals surface area contributed by atoms with E-state index in [0.29, 0.717) is 12.0 Å². The molecule has 21 heavy (non-hydrogen) atoms. The molecule has 2 heterocycles. The number of hydrogen-bond donors (Lipinski definition) is 1. The van der Waals surface area contributed by atoms with Crippen LogP contribution in [0.25, 0.3) is 0 Å². The van der Waals surface area contributed by atoms with E-state index in [1.165, 1.54) is 0 Å². The third kappa shape index (κ3) is 2.78. The number of nitrogens with one attached hydrogen (secondary N) is 1. The molecule has 1 aromatic rings. The predicted octanol–water partition coefficient (Wildman–Crippen LogP) is 1.25. The molecule has 5 nitrogen and oxygen atoms in total. The van der Waals surface area contributed by atoms with Crippen molar-refractivity contribution in [1.82, 2.24) is 10.2 Å². The van der Waals surface area contributed by atoms with Gasteiger partial charge in [0.25, 0.3) is 5.91 Å². The fraction of sp³-hybridized carbons (Fsp3) is 0.500. The highest BCUT2D eigenvalue weighted by Gasteiger charge is 2.25. The minimum absolute atomic E-state index is 0.0444. The van der Waals surface area contributed by atoms with Gasteiger partial charge in [-0.15, -0.1) is 0 Å². The lowest BCUT2D eigenvalue weighted by Gasteiger charge is -2.24. The van der Waals surface area contributed by atoms with Gasteiger partial charge in [0.2, 0.25) is 5.91 Å². The molecule has 0 spiro atoms. The molecule has 1 atom stereocenters. The normalized spacial score (nSPS) is 21.9. The van der Waals surface area contributed by atoms with Crippen molar-refractivity contribution in [2.24, 2.45) is 0 Å². The Morgan fingerprint density at radius 2 is 2.10 bits per heavy atom. The molecule has 1 N–H and O–H groups in total. The minimum Gasteiger partial charge on any atom is -0.337 e. The minimum atomic E-state index is 0.0444. The molecular weight excluding hydrogens is 266 g/mol. The third-order valence-electron chi connectivity index (χ3n) is 4.40. The monoisotopic (exact) mass is 287 g/mol.